The maximum absolute atomic E-state index is 13.4. The van der Waals surface area contributed by atoms with E-state index in [9.17, 15) is 18.7 Å². The van der Waals surface area contributed by atoms with Crippen molar-refractivity contribution in [2.45, 2.75) is 6.10 Å². The molecule has 1 aromatic rings. The smallest absolute Gasteiger partial charge is 0.337 e. The summed E-state index contributed by atoms with van der Waals surface area (Å²) < 4.78 is 30.7. The molecule has 88 valence electrons. The molecule has 7 heteroatoms. The van der Waals surface area contributed by atoms with Crippen LogP contribution in [0.3, 0.4) is 0 Å². The molecule has 0 aliphatic heterocycles. The zero-order valence-electron chi connectivity index (χ0n) is 8.00. The fourth-order valence-corrected chi connectivity index (χ4v) is 1.43. The fourth-order valence-electron chi connectivity index (χ4n) is 1.14. The van der Waals surface area contributed by atoms with Crippen LogP contribution in [-0.4, -0.2) is 23.3 Å². The van der Waals surface area contributed by atoms with E-state index in [4.69, 9.17) is 5.11 Å². The lowest BCUT2D eigenvalue weighted by Gasteiger charge is -2.13. The molecule has 0 fully saturated rings. The van der Waals surface area contributed by atoms with Gasteiger partial charge in [0.1, 0.15) is 5.82 Å². The molecule has 1 unspecified atom stereocenters. The highest BCUT2D eigenvalue weighted by Crippen LogP contribution is 2.34. The van der Waals surface area contributed by atoms with Gasteiger partial charge in [-0.05, 0) is 22.0 Å². The number of carbonyl (C=O) groups is 1. The van der Waals surface area contributed by atoms with Crippen LogP contribution in [0.1, 0.15) is 11.7 Å². The van der Waals surface area contributed by atoms with Gasteiger partial charge in [-0.1, -0.05) is 0 Å². The number of methoxy groups -OCH3 is 1. The van der Waals surface area contributed by atoms with Crippen molar-refractivity contribution in [2.24, 2.45) is 0 Å². The lowest BCUT2D eigenvalue weighted by atomic mass is 10.1. The van der Waals surface area contributed by atoms with E-state index in [1.165, 1.54) is 0 Å². The number of halogens is 3. The van der Waals surface area contributed by atoms with Crippen molar-refractivity contribution in [1.82, 2.24) is 0 Å². The molecule has 0 amide bonds. The first-order chi connectivity index (χ1) is 7.40. The number of benzene rings is 1. The normalized spacial score (nSPS) is 12.3. The van der Waals surface area contributed by atoms with Crippen LogP contribution in [0.15, 0.2) is 10.5 Å². The molecule has 0 saturated heterocycles. The Balaban J connectivity index is 3.44. The number of carboxylic acid groups (broad SMARTS) is 1. The Morgan fingerprint density at radius 1 is 1.56 bits per heavy atom. The van der Waals surface area contributed by atoms with E-state index in [-0.39, 0.29) is 0 Å². The van der Waals surface area contributed by atoms with Crippen LogP contribution in [0.25, 0.3) is 0 Å². The van der Waals surface area contributed by atoms with Gasteiger partial charge < -0.3 is 14.9 Å². The van der Waals surface area contributed by atoms with Crippen molar-refractivity contribution in [3.63, 3.8) is 0 Å². The third-order valence-corrected chi connectivity index (χ3v) is 2.61. The average Bonchev–Trinajstić information content (AvgIpc) is 2.24. The minimum Gasteiger partial charge on any atom is -0.493 e. The maximum Gasteiger partial charge on any atom is 0.337 e. The summed E-state index contributed by atoms with van der Waals surface area (Å²) >= 11 is 2.63. The van der Waals surface area contributed by atoms with Gasteiger partial charge in [-0.3, -0.25) is 0 Å². The van der Waals surface area contributed by atoms with E-state index in [2.05, 4.69) is 20.7 Å². The third kappa shape index (κ3) is 2.14. The quantitative estimate of drug-likeness (QED) is 0.836. The number of rotatable bonds is 3. The van der Waals surface area contributed by atoms with Crippen LogP contribution in [0.5, 0.6) is 5.75 Å². The van der Waals surface area contributed by atoms with Gasteiger partial charge in [0.2, 0.25) is 0 Å². The monoisotopic (exact) mass is 296 g/mol. The number of hydrogen-bond donors (Lipinski definition) is 2. The largest absolute Gasteiger partial charge is 0.493 e. The van der Waals surface area contributed by atoms with Crippen LogP contribution in [0, 0.1) is 11.6 Å². The number of ether oxygens (including phenoxy) is 1. The average molecular weight is 297 g/mol. The van der Waals surface area contributed by atoms with Crippen LogP contribution in [-0.2, 0) is 4.79 Å². The van der Waals surface area contributed by atoms with Gasteiger partial charge >= 0.3 is 5.97 Å². The predicted octanol–water partition coefficient (Wildman–Crippen LogP) is 1.85. The summed E-state index contributed by atoms with van der Waals surface area (Å²) in [5.74, 6) is -4.26. The standard InChI is InChI=1S/C9H7BrF2O4/c1-16-8-3(7(13)9(14)15)2-4(11)5(10)6(8)12/h2,7,13H,1H3,(H,14,15). The SMILES string of the molecule is COc1c(C(O)C(=O)O)cc(F)c(Br)c1F. The third-order valence-electron chi connectivity index (χ3n) is 1.88. The summed E-state index contributed by atoms with van der Waals surface area (Å²) in [6.07, 6.45) is -2.05. The molecule has 0 saturated carbocycles. The zero-order chi connectivity index (χ0) is 12.5. The number of carboxylic acids is 1. The zero-order valence-corrected chi connectivity index (χ0v) is 9.59. The second kappa shape index (κ2) is 4.75. The van der Waals surface area contributed by atoms with Gasteiger partial charge in [0, 0.05) is 5.56 Å². The van der Waals surface area contributed by atoms with E-state index in [0.29, 0.717) is 6.07 Å². The van der Waals surface area contributed by atoms with Gasteiger partial charge in [0.25, 0.3) is 0 Å². The molecule has 0 bridgehead atoms. The predicted molar refractivity (Wildman–Crippen MR) is 53.2 cm³/mol. The Morgan fingerprint density at radius 2 is 2.12 bits per heavy atom. The molecule has 0 aliphatic carbocycles. The fraction of sp³-hybridized carbons (Fsp3) is 0.222. The first-order valence-corrected chi connectivity index (χ1v) is 4.81. The highest BCUT2D eigenvalue weighted by atomic mass is 79.9. The number of hydrogen-bond acceptors (Lipinski definition) is 3. The van der Waals surface area contributed by atoms with Gasteiger partial charge in [-0.25, -0.2) is 13.6 Å². The van der Waals surface area contributed by atoms with Crippen molar-refractivity contribution >= 4 is 21.9 Å². The Bertz CT molecular complexity index is 436. The van der Waals surface area contributed by atoms with Gasteiger partial charge in [0.05, 0.1) is 11.6 Å². The van der Waals surface area contributed by atoms with E-state index >= 15 is 0 Å². The summed E-state index contributed by atoms with van der Waals surface area (Å²) in [5, 5.41) is 17.8. The molecule has 0 spiro atoms. The molecule has 0 aliphatic rings. The first kappa shape index (κ1) is 12.9. The first-order valence-electron chi connectivity index (χ1n) is 4.02. The topological polar surface area (TPSA) is 66.8 Å². The van der Waals surface area contributed by atoms with E-state index < -0.39 is 39.5 Å². The summed E-state index contributed by atoms with van der Waals surface area (Å²) in [6.45, 7) is 0. The molecule has 1 rings (SSSR count). The van der Waals surface area contributed by atoms with Gasteiger partial charge in [-0.15, -0.1) is 0 Å². The Kier molecular flexibility index (Phi) is 3.82. The Morgan fingerprint density at radius 3 is 2.56 bits per heavy atom. The number of aliphatic carboxylic acids is 1. The highest BCUT2D eigenvalue weighted by Gasteiger charge is 2.26. The highest BCUT2D eigenvalue weighted by molar-refractivity contribution is 9.10. The van der Waals surface area contributed by atoms with E-state index in [1.807, 2.05) is 0 Å². The lowest BCUT2D eigenvalue weighted by Crippen LogP contribution is -2.13. The molecule has 1 aromatic carbocycles. The summed E-state index contributed by atoms with van der Waals surface area (Å²) in [6, 6.07) is 0.699. The number of aliphatic hydroxyl groups is 1. The Labute approximate surface area is 97.6 Å². The van der Waals surface area contributed by atoms with Crippen LogP contribution in [0.4, 0.5) is 8.78 Å². The molecule has 1 atom stereocenters. The van der Waals surface area contributed by atoms with Crippen molar-refractivity contribution in [1.29, 1.82) is 0 Å². The molecule has 0 heterocycles. The maximum atomic E-state index is 13.4. The minimum atomic E-state index is -2.05. The van der Waals surface area contributed by atoms with Crippen LogP contribution in [0.2, 0.25) is 0 Å². The lowest BCUT2D eigenvalue weighted by molar-refractivity contribution is -0.147. The van der Waals surface area contributed by atoms with Crippen molar-refractivity contribution in [2.75, 3.05) is 7.11 Å². The van der Waals surface area contributed by atoms with E-state index in [0.717, 1.165) is 7.11 Å². The molecule has 16 heavy (non-hydrogen) atoms. The molecule has 2 N–H and O–H groups in total. The van der Waals surface area contributed by atoms with E-state index in [1.54, 1.807) is 0 Å². The van der Waals surface area contributed by atoms with Gasteiger partial charge in [0.15, 0.2) is 17.7 Å². The summed E-state index contributed by atoms with van der Waals surface area (Å²) in [4.78, 5) is 10.5. The molecule has 0 radical (unpaired) electrons. The second-order valence-electron chi connectivity index (χ2n) is 2.85. The summed E-state index contributed by atoms with van der Waals surface area (Å²) in [7, 11) is 1.08. The van der Waals surface area contributed by atoms with Crippen LogP contribution < -0.4 is 4.74 Å². The molecule has 4 nitrogen and oxygen atoms in total. The van der Waals surface area contributed by atoms with Crippen molar-refractivity contribution < 1.29 is 28.5 Å². The van der Waals surface area contributed by atoms with Crippen molar-refractivity contribution in [3.05, 3.63) is 27.7 Å². The molecule has 0 aromatic heterocycles. The van der Waals surface area contributed by atoms with Crippen LogP contribution >= 0.6 is 15.9 Å². The Hall–Kier alpha value is -1.21. The second-order valence-corrected chi connectivity index (χ2v) is 3.64. The number of aliphatic hydroxyl groups excluding tert-OH is 1. The molecular weight excluding hydrogens is 290 g/mol. The van der Waals surface area contributed by atoms with Gasteiger partial charge in [-0.2, -0.15) is 0 Å². The molecular formula is C9H7BrF2O4. The van der Waals surface area contributed by atoms with Crippen molar-refractivity contribution in [3.8, 4) is 5.75 Å². The minimum absolute atomic E-state index is 0.479. The summed E-state index contributed by atoms with van der Waals surface area (Å²) in [5.41, 5.74) is -0.479.